The van der Waals surface area contributed by atoms with E-state index in [0.717, 1.165) is 28.1 Å². The zero-order valence-corrected chi connectivity index (χ0v) is 13.2. The second-order valence-corrected chi connectivity index (χ2v) is 5.23. The summed E-state index contributed by atoms with van der Waals surface area (Å²) in [5.74, 6) is 0.128. The lowest BCUT2D eigenvalue weighted by Crippen LogP contribution is -2.08. The van der Waals surface area contributed by atoms with Gasteiger partial charge in [0.2, 0.25) is 0 Å². The Labute approximate surface area is 126 Å². The van der Waals surface area contributed by atoms with Crippen molar-refractivity contribution in [1.82, 2.24) is 0 Å². The van der Waals surface area contributed by atoms with Gasteiger partial charge in [-0.05, 0) is 43.2 Å². The fraction of sp³-hybridized carbons (Fsp3) is 0.312. The maximum absolute atomic E-state index is 7.89. The number of hydrogen-bond donors (Lipinski definition) is 4. The van der Waals surface area contributed by atoms with E-state index in [1.165, 1.54) is 0 Å². The Morgan fingerprint density at radius 3 is 2.65 bits per heavy atom. The molecule has 1 aromatic carbocycles. The van der Waals surface area contributed by atoms with E-state index in [1.54, 1.807) is 6.08 Å². The predicted octanol–water partition coefficient (Wildman–Crippen LogP) is 4.04. The lowest BCUT2D eigenvalue weighted by molar-refractivity contribution is 0.832. The summed E-state index contributed by atoms with van der Waals surface area (Å²) >= 11 is 4.56. The molecule has 0 bridgehead atoms. The van der Waals surface area contributed by atoms with Gasteiger partial charge in [-0.3, -0.25) is 0 Å². The number of nitrogens with two attached hydrogens (primary N) is 1. The second-order valence-electron chi connectivity index (χ2n) is 4.74. The van der Waals surface area contributed by atoms with Crippen molar-refractivity contribution in [2.24, 2.45) is 5.73 Å². The van der Waals surface area contributed by atoms with Crippen LogP contribution < -0.4 is 11.1 Å². The molecule has 0 saturated heterocycles. The lowest BCUT2D eigenvalue weighted by atomic mass is 9.91. The molecule has 0 aliphatic carbocycles. The van der Waals surface area contributed by atoms with Gasteiger partial charge in [0.15, 0.2) is 0 Å². The van der Waals surface area contributed by atoms with Gasteiger partial charge in [0, 0.05) is 40.5 Å². The van der Waals surface area contributed by atoms with Gasteiger partial charge in [-0.25, -0.2) is 0 Å². The van der Waals surface area contributed by atoms with E-state index in [1.807, 2.05) is 26.1 Å². The molecule has 1 rings (SSSR count). The zero-order valence-electron chi connectivity index (χ0n) is 12.3. The summed E-state index contributed by atoms with van der Waals surface area (Å²) in [6.07, 6.45) is 4.36. The fourth-order valence-electron chi connectivity index (χ4n) is 2.24. The van der Waals surface area contributed by atoms with Gasteiger partial charge in [0.1, 0.15) is 0 Å². The Morgan fingerprint density at radius 2 is 2.20 bits per heavy atom. The van der Waals surface area contributed by atoms with Gasteiger partial charge in [0.25, 0.3) is 0 Å². The molecule has 0 fully saturated rings. The van der Waals surface area contributed by atoms with E-state index in [9.17, 15) is 0 Å². The Hall–Kier alpha value is -1.68. The van der Waals surface area contributed by atoms with Crippen molar-refractivity contribution < 1.29 is 0 Å². The Kier molecular flexibility index (Phi) is 5.89. The van der Waals surface area contributed by atoms with Crippen LogP contribution in [0.15, 0.2) is 35.4 Å². The highest BCUT2D eigenvalue weighted by Crippen LogP contribution is 2.32. The van der Waals surface area contributed by atoms with Crippen LogP contribution >= 0.6 is 12.6 Å². The van der Waals surface area contributed by atoms with Crippen LogP contribution in [0, 0.1) is 5.41 Å². The first kappa shape index (κ1) is 16.4. The maximum Gasteiger partial charge on any atom is 0.0426 e. The van der Waals surface area contributed by atoms with Crippen molar-refractivity contribution >= 4 is 30.1 Å². The van der Waals surface area contributed by atoms with E-state index >= 15 is 0 Å². The molecule has 4 heteroatoms. The number of rotatable bonds is 6. The third-order valence-electron chi connectivity index (χ3n) is 3.33. The van der Waals surface area contributed by atoms with Gasteiger partial charge in [-0.15, -0.1) is 12.6 Å². The van der Waals surface area contributed by atoms with Crippen LogP contribution in [0.5, 0.6) is 0 Å². The molecule has 0 amide bonds. The SMILES string of the molecule is C=C/C(N)=C\c1c(S)cc(C(CC)C(C)=N)cc1NC. The summed E-state index contributed by atoms with van der Waals surface area (Å²) in [5, 5.41) is 11.1. The van der Waals surface area contributed by atoms with E-state index < -0.39 is 0 Å². The molecule has 0 aromatic heterocycles. The molecule has 4 N–H and O–H groups in total. The van der Waals surface area contributed by atoms with Crippen molar-refractivity contribution in [1.29, 1.82) is 5.41 Å². The molecule has 1 unspecified atom stereocenters. The van der Waals surface area contributed by atoms with Gasteiger partial charge in [-0.2, -0.15) is 0 Å². The highest BCUT2D eigenvalue weighted by molar-refractivity contribution is 7.80. The molecule has 0 spiro atoms. The van der Waals surface area contributed by atoms with Crippen LogP contribution in [0.4, 0.5) is 5.69 Å². The highest BCUT2D eigenvalue weighted by Gasteiger charge is 2.15. The third kappa shape index (κ3) is 3.67. The number of allylic oxidation sites excluding steroid dienone is 1. The standard InChI is InChI=1S/C16H23N3S/c1-5-12(18)9-14-15(19-4)7-11(8-16(14)20)13(6-2)10(3)17/h5,7-9,13,17,19-20H,1,6,18H2,2-4H3/b12-9+,17-10?. The monoisotopic (exact) mass is 289 g/mol. The molecule has 1 aromatic rings. The fourth-order valence-corrected chi connectivity index (χ4v) is 2.57. The van der Waals surface area contributed by atoms with Crippen LogP contribution in [0.2, 0.25) is 0 Å². The minimum atomic E-state index is 0.128. The van der Waals surface area contributed by atoms with Crippen molar-refractivity contribution in [2.75, 3.05) is 12.4 Å². The second kappa shape index (κ2) is 7.20. The Morgan fingerprint density at radius 1 is 1.55 bits per heavy atom. The molecule has 1 atom stereocenters. The summed E-state index contributed by atoms with van der Waals surface area (Å²) in [5.41, 5.74) is 10.1. The van der Waals surface area contributed by atoms with Crippen LogP contribution in [0.1, 0.15) is 37.3 Å². The molecule has 0 radical (unpaired) electrons. The molecule has 108 valence electrons. The summed E-state index contributed by atoms with van der Waals surface area (Å²) in [6.45, 7) is 7.59. The van der Waals surface area contributed by atoms with Crippen LogP contribution in [0.3, 0.4) is 0 Å². The first-order valence-electron chi connectivity index (χ1n) is 6.63. The third-order valence-corrected chi connectivity index (χ3v) is 3.70. The quantitative estimate of drug-likeness (QED) is 0.363. The normalized spacial score (nSPS) is 12.9. The number of hydrogen-bond acceptors (Lipinski definition) is 4. The summed E-state index contributed by atoms with van der Waals surface area (Å²) in [4.78, 5) is 0.844. The minimum absolute atomic E-state index is 0.128. The molecular formula is C16H23N3S. The topological polar surface area (TPSA) is 61.9 Å². The van der Waals surface area contributed by atoms with Crippen molar-refractivity contribution in [3.05, 3.63) is 41.6 Å². The minimum Gasteiger partial charge on any atom is -0.399 e. The lowest BCUT2D eigenvalue weighted by Gasteiger charge is -2.18. The summed E-state index contributed by atoms with van der Waals surface area (Å²) < 4.78 is 0. The van der Waals surface area contributed by atoms with E-state index in [4.69, 9.17) is 11.1 Å². The number of thiol groups is 1. The first-order chi connectivity index (χ1) is 9.44. The van der Waals surface area contributed by atoms with E-state index in [2.05, 4.69) is 37.5 Å². The number of anilines is 1. The molecule has 0 heterocycles. The first-order valence-corrected chi connectivity index (χ1v) is 7.08. The smallest absolute Gasteiger partial charge is 0.0426 e. The Balaban J connectivity index is 3.40. The molecule has 0 saturated carbocycles. The van der Waals surface area contributed by atoms with Crippen LogP contribution in [0.25, 0.3) is 6.08 Å². The average molecular weight is 289 g/mol. The molecule has 3 nitrogen and oxygen atoms in total. The molecule has 0 aliphatic heterocycles. The van der Waals surface area contributed by atoms with Gasteiger partial charge in [-0.1, -0.05) is 13.5 Å². The van der Waals surface area contributed by atoms with Crippen molar-refractivity contribution in [3.8, 4) is 0 Å². The van der Waals surface area contributed by atoms with Crippen molar-refractivity contribution in [2.45, 2.75) is 31.1 Å². The van der Waals surface area contributed by atoms with Gasteiger partial charge in [0.05, 0.1) is 0 Å². The van der Waals surface area contributed by atoms with Crippen molar-refractivity contribution in [3.63, 3.8) is 0 Å². The average Bonchev–Trinajstić information content (AvgIpc) is 2.41. The molecule has 0 aliphatic rings. The van der Waals surface area contributed by atoms with Crippen LogP contribution in [-0.2, 0) is 0 Å². The predicted molar refractivity (Wildman–Crippen MR) is 92.0 cm³/mol. The van der Waals surface area contributed by atoms with E-state index in [-0.39, 0.29) is 5.92 Å². The van der Waals surface area contributed by atoms with E-state index in [0.29, 0.717) is 11.4 Å². The maximum atomic E-state index is 7.89. The van der Waals surface area contributed by atoms with Gasteiger partial charge >= 0.3 is 0 Å². The summed E-state index contributed by atoms with van der Waals surface area (Å²) in [7, 11) is 1.87. The number of benzene rings is 1. The molecular weight excluding hydrogens is 266 g/mol. The zero-order chi connectivity index (χ0) is 15.3. The van der Waals surface area contributed by atoms with Gasteiger partial charge < -0.3 is 16.5 Å². The van der Waals surface area contributed by atoms with Crippen LogP contribution in [-0.4, -0.2) is 12.8 Å². The summed E-state index contributed by atoms with van der Waals surface area (Å²) in [6, 6.07) is 4.08. The molecule has 20 heavy (non-hydrogen) atoms. The highest BCUT2D eigenvalue weighted by atomic mass is 32.1. The Bertz CT molecular complexity index is 547. The largest absolute Gasteiger partial charge is 0.399 e. The number of nitrogens with one attached hydrogen (secondary N) is 2.